The summed E-state index contributed by atoms with van der Waals surface area (Å²) in [6.07, 6.45) is -1.09. The van der Waals surface area contributed by atoms with Gasteiger partial charge in [-0.2, -0.15) is 0 Å². The molecule has 7 heteroatoms. The average Bonchev–Trinajstić information content (AvgIpc) is 2.90. The second-order valence-corrected chi connectivity index (χ2v) is 6.12. The maximum absolute atomic E-state index is 13.0. The summed E-state index contributed by atoms with van der Waals surface area (Å²) in [7, 11) is 1.27. The Morgan fingerprint density at radius 1 is 1.35 bits per heavy atom. The van der Waals surface area contributed by atoms with Crippen molar-refractivity contribution in [3.05, 3.63) is 45.9 Å². The second kappa shape index (κ2) is 7.34. The van der Waals surface area contributed by atoms with E-state index in [0.717, 1.165) is 16.0 Å². The lowest BCUT2D eigenvalue weighted by molar-refractivity contribution is -0.148. The van der Waals surface area contributed by atoms with E-state index in [-0.39, 0.29) is 18.3 Å². The number of carbonyl (C=O) groups excluding carboxylic acids is 1. The number of carboxylic acids is 1. The van der Waals surface area contributed by atoms with Crippen LogP contribution in [0.3, 0.4) is 0 Å². The molecule has 1 unspecified atom stereocenters. The third-order valence-corrected chi connectivity index (χ3v) is 4.35. The SMILES string of the molecule is COC(CNC(=O)c1cc(-c2ccc(F)cc2)c(C)s1)C(=O)O. The minimum Gasteiger partial charge on any atom is -0.479 e. The van der Waals surface area contributed by atoms with Crippen molar-refractivity contribution >= 4 is 23.2 Å². The van der Waals surface area contributed by atoms with Gasteiger partial charge in [-0.25, -0.2) is 9.18 Å². The molecule has 0 spiro atoms. The predicted octanol–water partition coefficient (Wildman–Crippen LogP) is 2.69. The number of nitrogens with one attached hydrogen (secondary N) is 1. The first-order valence-electron chi connectivity index (χ1n) is 6.82. The number of benzene rings is 1. The molecule has 1 atom stereocenters. The first kappa shape index (κ1) is 17.1. The van der Waals surface area contributed by atoms with Crippen LogP contribution in [-0.2, 0) is 9.53 Å². The predicted molar refractivity (Wildman–Crippen MR) is 85.2 cm³/mol. The third kappa shape index (κ3) is 4.14. The molecule has 0 radical (unpaired) electrons. The Balaban J connectivity index is 2.12. The van der Waals surface area contributed by atoms with Gasteiger partial charge in [0.15, 0.2) is 6.10 Å². The van der Waals surface area contributed by atoms with E-state index in [4.69, 9.17) is 9.84 Å². The summed E-state index contributed by atoms with van der Waals surface area (Å²) in [5.41, 5.74) is 1.67. The zero-order chi connectivity index (χ0) is 17.0. The molecule has 0 fully saturated rings. The molecule has 5 nitrogen and oxygen atoms in total. The molecule has 2 N–H and O–H groups in total. The zero-order valence-electron chi connectivity index (χ0n) is 12.6. The number of aliphatic carboxylic acids is 1. The van der Waals surface area contributed by atoms with Crippen molar-refractivity contribution in [2.45, 2.75) is 13.0 Å². The Labute approximate surface area is 136 Å². The summed E-state index contributed by atoms with van der Waals surface area (Å²) in [4.78, 5) is 24.4. The molecule has 1 amide bonds. The molecule has 0 saturated heterocycles. The van der Waals surface area contributed by atoms with Crippen LogP contribution in [0.5, 0.6) is 0 Å². The smallest absolute Gasteiger partial charge is 0.334 e. The molecule has 0 aliphatic heterocycles. The maximum atomic E-state index is 13.0. The summed E-state index contributed by atoms with van der Waals surface area (Å²) < 4.78 is 17.8. The molecule has 2 aromatic rings. The minimum atomic E-state index is -1.14. The number of aryl methyl sites for hydroxylation is 1. The quantitative estimate of drug-likeness (QED) is 0.850. The number of hydrogen-bond acceptors (Lipinski definition) is 4. The van der Waals surface area contributed by atoms with Crippen molar-refractivity contribution < 1.29 is 23.8 Å². The van der Waals surface area contributed by atoms with Gasteiger partial charge in [0.2, 0.25) is 0 Å². The summed E-state index contributed by atoms with van der Waals surface area (Å²) in [6.45, 7) is 1.75. The Hall–Kier alpha value is -2.25. The van der Waals surface area contributed by atoms with E-state index in [1.54, 1.807) is 18.2 Å². The number of methoxy groups -OCH3 is 1. The number of carboxylic acid groups (broad SMARTS) is 1. The summed E-state index contributed by atoms with van der Waals surface area (Å²) in [5.74, 6) is -1.82. The fourth-order valence-electron chi connectivity index (χ4n) is 2.05. The molecule has 0 aliphatic carbocycles. The number of thiophene rings is 1. The van der Waals surface area contributed by atoms with Crippen LogP contribution < -0.4 is 5.32 Å². The standard InChI is InChI=1S/C16H16FNO4S/c1-9-12(10-3-5-11(17)6-4-10)7-14(23-9)15(19)18-8-13(22-2)16(20)21/h3-7,13H,8H2,1-2H3,(H,18,19)(H,20,21). The van der Waals surface area contributed by atoms with Gasteiger partial charge in [0.05, 0.1) is 11.4 Å². The second-order valence-electron chi connectivity index (χ2n) is 4.86. The van der Waals surface area contributed by atoms with Gasteiger partial charge in [-0.05, 0) is 36.2 Å². The molecule has 2 rings (SSSR count). The molecule has 0 saturated carbocycles. The van der Waals surface area contributed by atoms with Gasteiger partial charge in [0.25, 0.3) is 5.91 Å². The number of carbonyl (C=O) groups is 2. The molecular formula is C16H16FNO4S. The molecule has 1 aromatic heterocycles. The normalized spacial score (nSPS) is 12.0. The van der Waals surface area contributed by atoms with E-state index in [1.165, 1.54) is 30.6 Å². The summed E-state index contributed by atoms with van der Waals surface area (Å²) in [5, 5.41) is 11.4. The topological polar surface area (TPSA) is 75.6 Å². The lowest BCUT2D eigenvalue weighted by Crippen LogP contribution is -2.37. The van der Waals surface area contributed by atoms with Crippen LogP contribution in [-0.4, -0.2) is 36.7 Å². The number of halogens is 1. The van der Waals surface area contributed by atoms with Crippen LogP contribution in [0.2, 0.25) is 0 Å². The van der Waals surface area contributed by atoms with Gasteiger partial charge in [-0.1, -0.05) is 12.1 Å². The summed E-state index contributed by atoms with van der Waals surface area (Å²) in [6, 6.07) is 7.74. The molecule has 0 bridgehead atoms. The first-order chi connectivity index (χ1) is 10.9. The lowest BCUT2D eigenvalue weighted by Gasteiger charge is -2.10. The number of amides is 1. The Morgan fingerprint density at radius 2 is 2.00 bits per heavy atom. The molecular weight excluding hydrogens is 321 g/mol. The lowest BCUT2D eigenvalue weighted by atomic mass is 10.1. The van der Waals surface area contributed by atoms with Crippen molar-refractivity contribution in [1.82, 2.24) is 5.32 Å². The van der Waals surface area contributed by atoms with Crippen molar-refractivity contribution in [2.75, 3.05) is 13.7 Å². The van der Waals surface area contributed by atoms with E-state index in [1.807, 2.05) is 6.92 Å². The van der Waals surface area contributed by atoms with Crippen LogP contribution in [0, 0.1) is 12.7 Å². The Kier molecular flexibility index (Phi) is 5.46. The van der Waals surface area contributed by atoms with Gasteiger partial charge >= 0.3 is 5.97 Å². The maximum Gasteiger partial charge on any atom is 0.334 e. The monoisotopic (exact) mass is 337 g/mol. The van der Waals surface area contributed by atoms with E-state index >= 15 is 0 Å². The van der Waals surface area contributed by atoms with E-state index in [0.29, 0.717) is 4.88 Å². The van der Waals surface area contributed by atoms with Crippen molar-refractivity contribution in [2.24, 2.45) is 0 Å². The first-order valence-corrected chi connectivity index (χ1v) is 7.64. The highest BCUT2D eigenvalue weighted by atomic mass is 32.1. The molecule has 1 heterocycles. The van der Waals surface area contributed by atoms with E-state index in [9.17, 15) is 14.0 Å². The minimum absolute atomic E-state index is 0.118. The van der Waals surface area contributed by atoms with E-state index < -0.39 is 12.1 Å². The molecule has 0 aliphatic rings. The van der Waals surface area contributed by atoms with Gasteiger partial charge in [0, 0.05) is 12.0 Å². The number of ether oxygens (including phenoxy) is 1. The summed E-state index contributed by atoms with van der Waals surface area (Å²) >= 11 is 1.30. The van der Waals surface area contributed by atoms with Gasteiger partial charge in [0.1, 0.15) is 5.82 Å². The number of hydrogen-bond donors (Lipinski definition) is 2. The van der Waals surface area contributed by atoms with Crippen molar-refractivity contribution in [3.8, 4) is 11.1 Å². The highest BCUT2D eigenvalue weighted by molar-refractivity contribution is 7.14. The Bertz CT molecular complexity index is 711. The van der Waals surface area contributed by atoms with Crippen molar-refractivity contribution in [3.63, 3.8) is 0 Å². The van der Waals surface area contributed by atoms with Crippen LogP contribution in [0.15, 0.2) is 30.3 Å². The van der Waals surface area contributed by atoms with E-state index in [2.05, 4.69) is 5.32 Å². The third-order valence-electron chi connectivity index (χ3n) is 3.30. The average molecular weight is 337 g/mol. The highest BCUT2D eigenvalue weighted by Crippen LogP contribution is 2.31. The molecule has 23 heavy (non-hydrogen) atoms. The van der Waals surface area contributed by atoms with Gasteiger partial charge < -0.3 is 15.2 Å². The van der Waals surface area contributed by atoms with Gasteiger partial charge in [-0.3, -0.25) is 4.79 Å². The molecule has 1 aromatic carbocycles. The highest BCUT2D eigenvalue weighted by Gasteiger charge is 2.19. The fourth-order valence-corrected chi connectivity index (χ4v) is 3.01. The van der Waals surface area contributed by atoms with Crippen LogP contribution in [0.25, 0.3) is 11.1 Å². The number of rotatable bonds is 6. The van der Waals surface area contributed by atoms with Crippen LogP contribution in [0.4, 0.5) is 4.39 Å². The molecule has 122 valence electrons. The van der Waals surface area contributed by atoms with Crippen molar-refractivity contribution in [1.29, 1.82) is 0 Å². The van der Waals surface area contributed by atoms with Crippen LogP contribution >= 0.6 is 11.3 Å². The Morgan fingerprint density at radius 3 is 2.57 bits per heavy atom. The van der Waals surface area contributed by atoms with Gasteiger partial charge in [-0.15, -0.1) is 11.3 Å². The van der Waals surface area contributed by atoms with Crippen LogP contribution in [0.1, 0.15) is 14.5 Å². The fraction of sp³-hybridized carbons (Fsp3) is 0.250. The zero-order valence-corrected chi connectivity index (χ0v) is 13.4. The largest absolute Gasteiger partial charge is 0.479 e.